The predicted octanol–water partition coefficient (Wildman–Crippen LogP) is 2.19. The van der Waals surface area contributed by atoms with Crippen LogP contribution in [0.2, 0.25) is 0 Å². The number of aromatic nitrogens is 2. The second-order valence-corrected chi connectivity index (χ2v) is 7.01. The molecular weight excluding hydrogens is 299 g/mol. The Morgan fingerprint density at radius 1 is 1.09 bits per heavy atom. The molecular formula is C16H15N2O3P. The minimum atomic E-state index is -3.52. The molecule has 112 valence electrons. The van der Waals surface area contributed by atoms with Crippen molar-refractivity contribution in [2.24, 2.45) is 0 Å². The fraction of sp³-hybridized carbons (Fsp3) is 0.125. The summed E-state index contributed by atoms with van der Waals surface area (Å²) in [6, 6.07) is 15.8. The van der Waals surface area contributed by atoms with E-state index in [2.05, 4.69) is 9.97 Å². The number of aromatic amines is 1. The van der Waals surface area contributed by atoms with Crippen molar-refractivity contribution in [3.63, 3.8) is 0 Å². The first-order valence-electron chi connectivity index (χ1n) is 6.95. The molecule has 0 radical (unpaired) electrons. The average molecular weight is 314 g/mol. The summed E-state index contributed by atoms with van der Waals surface area (Å²) < 4.78 is 18.9. The Morgan fingerprint density at radius 2 is 1.77 bits per heavy atom. The van der Waals surface area contributed by atoms with Gasteiger partial charge < -0.3 is 9.51 Å². The van der Waals surface area contributed by atoms with Crippen LogP contribution < -0.4 is 16.3 Å². The monoisotopic (exact) mass is 314 g/mol. The molecule has 2 aromatic carbocycles. The molecule has 1 atom stereocenters. The summed E-state index contributed by atoms with van der Waals surface area (Å²) >= 11 is 0. The van der Waals surface area contributed by atoms with E-state index < -0.39 is 12.9 Å². The normalized spacial score (nSPS) is 13.9. The van der Waals surface area contributed by atoms with Gasteiger partial charge in [-0.1, -0.05) is 30.3 Å². The molecule has 0 bridgehead atoms. The highest BCUT2D eigenvalue weighted by Crippen LogP contribution is 2.42. The van der Waals surface area contributed by atoms with Gasteiger partial charge in [0.25, 0.3) is 12.9 Å². The van der Waals surface area contributed by atoms with Crippen LogP contribution in [-0.4, -0.2) is 16.6 Å². The molecule has 0 saturated carbocycles. The van der Waals surface area contributed by atoms with Gasteiger partial charge in [0.15, 0.2) is 5.44 Å². The third-order valence-corrected chi connectivity index (χ3v) is 5.73. The third kappa shape index (κ3) is 2.49. The van der Waals surface area contributed by atoms with Crippen molar-refractivity contribution in [1.29, 1.82) is 0 Å². The molecule has 5 nitrogen and oxygen atoms in total. The standard InChI is InChI=1S/C16H15N2O3P/c1-2-21-22(20,12-8-4-3-5-9-12)16-15(19)17-13-10-6-7-11-14(13)18-16/h3-11H,2H2,1H3,(H,17,19)/t22-/m1/s1. The number of nitrogens with one attached hydrogen (secondary N) is 1. The molecule has 0 aliphatic rings. The third-order valence-electron chi connectivity index (χ3n) is 3.27. The van der Waals surface area contributed by atoms with Crippen molar-refractivity contribution >= 4 is 29.1 Å². The Morgan fingerprint density at radius 3 is 2.50 bits per heavy atom. The quantitative estimate of drug-likeness (QED) is 0.749. The van der Waals surface area contributed by atoms with Crippen LogP contribution >= 0.6 is 7.37 Å². The largest absolute Gasteiger partial charge is 0.321 e. The highest BCUT2D eigenvalue weighted by Gasteiger charge is 2.33. The van der Waals surface area contributed by atoms with Crippen LogP contribution in [-0.2, 0) is 9.09 Å². The Hall–Kier alpha value is -2.23. The van der Waals surface area contributed by atoms with E-state index in [4.69, 9.17) is 4.52 Å². The maximum Gasteiger partial charge on any atom is 0.284 e. The van der Waals surface area contributed by atoms with E-state index in [1.54, 1.807) is 49.4 Å². The molecule has 22 heavy (non-hydrogen) atoms. The number of rotatable bonds is 4. The topological polar surface area (TPSA) is 72.0 Å². The number of nitrogens with zero attached hydrogens (tertiary/aromatic N) is 1. The minimum absolute atomic E-state index is 0.0701. The van der Waals surface area contributed by atoms with E-state index in [0.717, 1.165) is 0 Å². The Kier molecular flexibility index (Phi) is 3.92. The molecule has 0 fully saturated rings. The van der Waals surface area contributed by atoms with E-state index in [0.29, 0.717) is 16.3 Å². The highest BCUT2D eigenvalue weighted by atomic mass is 31.2. The predicted molar refractivity (Wildman–Crippen MR) is 87.3 cm³/mol. The first-order valence-corrected chi connectivity index (χ1v) is 8.57. The molecule has 1 N–H and O–H groups in total. The summed E-state index contributed by atoms with van der Waals surface area (Å²) in [7, 11) is -3.52. The first kappa shape index (κ1) is 14.7. The summed E-state index contributed by atoms with van der Waals surface area (Å²) in [6.45, 7) is 1.96. The molecule has 0 aliphatic carbocycles. The van der Waals surface area contributed by atoms with Gasteiger partial charge in [-0.15, -0.1) is 0 Å². The summed E-state index contributed by atoms with van der Waals surface area (Å²) in [5.74, 6) is 0. The number of hydrogen-bond donors (Lipinski definition) is 1. The van der Waals surface area contributed by atoms with Crippen LogP contribution in [0.3, 0.4) is 0 Å². The zero-order chi connectivity index (χ0) is 15.6. The number of hydrogen-bond acceptors (Lipinski definition) is 4. The van der Waals surface area contributed by atoms with E-state index in [-0.39, 0.29) is 12.0 Å². The van der Waals surface area contributed by atoms with Crippen molar-refractivity contribution in [3.8, 4) is 0 Å². The fourth-order valence-electron chi connectivity index (χ4n) is 2.28. The first-order chi connectivity index (χ1) is 10.6. The van der Waals surface area contributed by atoms with Gasteiger partial charge in [0.1, 0.15) is 0 Å². The number of benzene rings is 2. The molecule has 0 saturated heterocycles. The number of H-pyrrole nitrogens is 1. The van der Waals surface area contributed by atoms with Crippen LogP contribution in [0.25, 0.3) is 11.0 Å². The van der Waals surface area contributed by atoms with Gasteiger partial charge in [0.05, 0.1) is 17.6 Å². The van der Waals surface area contributed by atoms with Crippen LogP contribution in [0.15, 0.2) is 59.4 Å². The summed E-state index contributed by atoms with van der Waals surface area (Å²) in [6.07, 6.45) is 0. The van der Waals surface area contributed by atoms with Gasteiger partial charge in [-0.05, 0) is 31.2 Å². The van der Waals surface area contributed by atoms with Crippen LogP contribution in [0.4, 0.5) is 0 Å². The molecule has 3 aromatic rings. The van der Waals surface area contributed by atoms with Gasteiger partial charge in [0.2, 0.25) is 0 Å². The lowest BCUT2D eigenvalue weighted by Gasteiger charge is -2.17. The van der Waals surface area contributed by atoms with E-state index in [9.17, 15) is 9.36 Å². The zero-order valence-corrected chi connectivity index (χ0v) is 12.9. The lowest BCUT2D eigenvalue weighted by molar-refractivity contribution is 0.347. The highest BCUT2D eigenvalue weighted by molar-refractivity contribution is 7.74. The smallest absolute Gasteiger partial charge is 0.284 e. The SMILES string of the molecule is CCO[P@](=O)(c1ccccc1)c1nc2ccccc2[nH]c1=O. The van der Waals surface area contributed by atoms with E-state index in [1.165, 1.54) is 0 Å². The second kappa shape index (κ2) is 5.87. The van der Waals surface area contributed by atoms with Crippen molar-refractivity contribution in [2.75, 3.05) is 6.61 Å². The van der Waals surface area contributed by atoms with Gasteiger partial charge >= 0.3 is 0 Å². The second-order valence-electron chi connectivity index (χ2n) is 4.71. The van der Waals surface area contributed by atoms with Gasteiger partial charge in [0, 0.05) is 5.30 Å². The van der Waals surface area contributed by atoms with Crippen molar-refractivity contribution < 1.29 is 9.09 Å². The molecule has 1 heterocycles. The minimum Gasteiger partial charge on any atom is -0.321 e. The summed E-state index contributed by atoms with van der Waals surface area (Å²) in [5.41, 5.74) is 0.624. The molecule has 0 spiro atoms. The molecule has 0 aliphatic heterocycles. The molecule has 3 rings (SSSR count). The molecule has 1 aromatic heterocycles. The van der Waals surface area contributed by atoms with Gasteiger partial charge in [-0.2, -0.15) is 0 Å². The van der Waals surface area contributed by atoms with E-state index >= 15 is 0 Å². The maximum absolute atomic E-state index is 13.4. The molecule has 6 heteroatoms. The Balaban J connectivity index is 2.28. The summed E-state index contributed by atoms with van der Waals surface area (Å²) in [4.78, 5) is 19.4. The van der Waals surface area contributed by atoms with Crippen molar-refractivity contribution in [3.05, 3.63) is 65.0 Å². The van der Waals surface area contributed by atoms with Crippen LogP contribution in [0, 0.1) is 0 Å². The van der Waals surface area contributed by atoms with Crippen molar-refractivity contribution in [1.82, 2.24) is 9.97 Å². The molecule has 0 unspecified atom stereocenters. The lowest BCUT2D eigenvalue weighted by atomic mass is 10.3. The van der Waals surface area contributed by atoms with E-state index in [1.807, 2.05) is 12.1 Å². The average Bonchev–Trinajstić information content (AvgIpc) is 2.55. The lowest BCUT2D eigenvalue weighted by Crippen LogP contribution is -2.34. The van der Waals surface area contributed by atoms with Crippen LogP contribution in [0.1, 0.15) is 6.92 Å². The zero-order valence-electron chi connectivity index (χ0n) is 12.0. The molecule has 0 amide bonds. The number of para-hydroxylation sites is 2. The van der Waals surface area contributed by atoms with Gasteiger partial charge in [-0.3, -0.25) is 9.36 Å². The van der Waals surface area contributed by atoms with Crippen molar-refractivity contribution in [2.45, 2.75) is 6.92 Å². The summed E-state index contributed by atoms with van der Waals surface area (Å²) in [5, 5.41) is 0.463. The Bertz CT molecular complexity index is 906. The Labute approximate surface area is 127 Å². The van der Waals surface area contributed by atoms with Gasteiger partial charge in [-0.25, -0.2) is 4.98 Å². The maximum atomic E-state index is 13.4. The van der Waals surface area contributed by atoms with Crippen LogP contribution in [0.5, 0.6) is 0 Å². The fourth-order valence-corrected chi connectivity index (χ4v) is 4.29. The number of fused-ring (bicyclic) bond motifs is 1.